The largest absolute Gasteiger partial charge is 0.328 e. The van der Waals surface area contributed by atoms with Crippen LogP contribution in [0, 0.1) is 6.92 Å². The van der Waals surface area contributed by atoms with E-state index < -0.39 is 0 Å². The van der Waals surface area contributed by atoms with Gasteiger partial charge in [0.05, 0.1) is 0 Å². The summed E-state index contributed by atoms with van der Waals surface area (Å²) >= 11 is 0. The predicted molar refractivity (Wildman–Crippen MR) is 82.8 cm³/mol. The summed E-state index contributed by atoms with van der Waals surface area (Å²) in [6.45, 7) is 4.21. The fourth-order valence-electron chi connectivity index (χ4n) is 2.51. The number of nitrogens with zero attached hydrogens (tertiary/aromatic N) is 4. The molecule has 0 fully saturated rings. The molecule has 0 N–H and O–H groups in total. The molecular formula is C17H18N4. The van der Waals surface area contributed by atoms with E-state index in [9.17, 15) is 0 Å². The third-order valence-corrected chi connectivity index (χ3v) is 3.53. The summed E-state index contributed by atoms with van der Waals surface area (Å²) in [4.78, 5) is 13.1. The highest BCUT2D eigenvalue weighted by Gasteiger charge is 2.12. The minimum Gasteiger partial charge on any atom is -0.328 e. The van der Waals surface area contributed by atoms with Crippen molar-refractivity contribution in [1.29, 1.82) is 0 Å². The molecule has 3 aromatic rings. The number of imidazole rings is 1. The first-order chi connectivity index (χ1) is 10.2. The molecule has 4 nitrogen and oxygen atoms in total. The molecule has 0 aliphatic rings. The van der Waals surface area contributed by atoms with E-state index in [2.05, 4.69) is 38.6 Å². The molecule has 0 amide bonds. The Bertz CT molecular complexity index is 718. The van der Waals surface area contributed by atoms with Crippen molar-refractivity contribution in [3.8, 4) is 11.4 Å². The SMILES string of the molecule is Cc1cccc(CC(C)n2ccnc2-c2ccncc2)n1. The monoisotopic (exact) mass is 278 g/mol. The molecule has 0 aliphatic carbocycles. The van der Waals surface area contributed by atoms with Crippen molar-refractivity contribution < 1.29 is 0 Å². The number of hydrogen-bond acceptors (Lipinski definition) is 3. The van der Waals surface area contributed by atoms with Crippen LogP contribution in [-0.4, -0.2) is 19.5 Å². The Morgan fingerprint density at radius 3 is 2.67 bits per heavy atom. The molecule has 0 saturated heterocycles. The average Bonchev–Trinajstić information content (AvgIpc) is 2.98. The Morgan fingerprint density at radius 2 is 1.90 bits per heavy atom. The molecule has 0 spiro atoms. The first-order valence-electron chi connectivity index (χ1n) is 7.10. The van der Waals surface area contributed by atoms with Gasteiger partial charge in [0.25, 0.3) is 0 Å². The predicted octanol–water partition coefficient (Wildman–Crippen LogP) is 3.45. The van der Waals surface area contributed by atoms with Gasteiger partial charge in [-0.05, 0) is 38.1 Å². The Balaban J connectivity index is 1.86. The summed E-state index contributed by atoms with van der Waals surface area (Å²) in [6, 6.07) is 10.4. The lowest BCUT2D eigenvalue weighted by molar-refractivity contribution is 0.543. The Labute approximate surface area is 124 Å². The van der Waals surface area contributed by atoms with Crippen LogP contribution in [0.4, 0.5) is 0 Å². The van der Waals surface area contributed by atoms with Gasteiger partial charge in [0, 0.05) is 54.2 Å². The van der Waals surface area contributed by atoms with E-state index >= 15 is 0 Å². The highest BCUT2D eigenvalue weighted by Crippen LogP contribution is 2.22. The number of rotatable bonds is 4. The maximum absolute atomic E-state index is 4.58. The smallest absolute Gasteiger partial charge is 0.140 e. The van der Waals surface area contributed by atoms with E-state index in [4.69, 9.17) is 0 Å². The van der Waals surface area contributed by atoms with Crippen LogP contribution in [0.15, 0.2) is 55.1 Å². The lowest BCUT2D eigenvalue weighted by Gasteiger charge is -2.16. The second-order valence-electron chi connectivity index (χ2n) is 5.22. The van der Waals surface area contributed by atoms with Gasteiger partial charge >= 0.3 is 0 Å². The van der Waals surface area contributed by atoms with Gasteiger partial charge < -0.3 is 4.57 Å². The zero-order valence-electron chi connectivity index (χ0n) is 12.3. The topological polar surface area (TPSA) is 43.6 Å². The van der Waals surface area contributed by atoms with Crippen LogP contribution >= 0.6 is 0 Å². The maximum atomic E-state index is 4.58. The van der Waals surface area contributed by atoms with E-state index in [1.807, 2.05) is 37.5 Å². The molecule has 1 unspecified atom stereocenters. The summed E-state index contributed by atoms with van der Waals surface area (Å²) in [5, 5.41) is 0. The van der Waals surface area contributed by atoms with E-state index in [1.165, 1.54) is 0 Å². The van der Waals surface area contributed by atoms with Crippen LogP contribution in [0.2, 0.25) is 0 Å². The Morgan fingerprint density at radius 1 is 1.10 bits per heavy atom. The molecule has 3 heterocycles. The number of pyridine rings is 2. The van der Waals surface area contributed by atoms with Crippen molar-refractivity contribution in [1.82, 2.24) is 19.5 Å². The van der Waals surface area contributed by atoms with Gasteiger partial charge in [-0.25, -0.2) is 4.98 Å². The van der Waals surface area contributed by atoms with Crippen molar-refractivity contribution in [3.05, 3.63) is 66.5 Å². The molecule has 0 bridgehead atoms. The summed E-state index contributed by atoms with van der Waals surface area (Å²) in [5.74, 6) is 0.970. The summed E-state index contributed by atoms with van der Waals surface area (Å²) in [5.41, 5.74) is 3.25. The fraction of sp³-hybridized carbons (Fsp3) is 0.235. The molecule has 0 saturated carbocycles. The van der Waals surface area contributed by atoms with Gasteiger partial charge in [0.15, 0.2) is 0 Å². The normalized spacial score (nSPS) is 12.3. The molecule has 3 rings (SSSR count). The second-order valence-corrected chi connectivity index (χ2v) is 5.22. The van der Waals surface area contributed by atoms with E-state index in [1.54, 1.807) is 12.4 Å². The van der Waals surface area contributed by atoms with Crippen LogP contribution in [-0.2, 0) is 6.42 Å². The zero-order valence-corrected chi connectivity index (χ0v) is 12.3. The molecule has 0 aliphatic heterocycles. The molecule has 1 atom stereocenters. The molecule has 4 heteroatoms. The molecule has 106 valence electrons. The third-order valence-electron chi connectivity index (χ3n) is 3.53. The first kappa shape index (κ1) is 13.5. The highest BCUT2D eigenvalue weighted by atomic mass is 15.1. The van der Waals surface area contributed by atoms with Gasteiger partial charge in [-0.15, -0.1) is 0 Å². The lowest BCUT2D eigenvalue weighted by atomic mass is 10.1. The summed E-state index contributed by atoms with van der Waals surface area (Å²) < 4.78 is 2.19. The van der Waals surface area contributed by atoms with Gasteiger partial charge in [-0.3, -0.25) is 9.97 Å². The third kappa shape index (κ3) is 2.99. The minimum atomic E-state index is 0.296. The van der Waals surface area contributed by atoms with Crippen molar-refractivity contribution in [2.75, 3.05) is 0 Å². The quantitative estimate of drug-likeness (QED) is 0.734. The van der Waals surface area contributed by atoms with Crippen molar-refractivity contribution in [3.63, 3.8) is 0 Å². The molecule has 0 radical (unpaired) electrons. The number of aryl methyl sites for hydroxylation is 1. The highest BCUT2D eigenvalue weighted by molar-refractivity contribution is 5.54. The van der Waals surface area contributed by atoms with Crippen LogP contribution in [0.25, 0.3) is 11.4 Å². The molecule has 3 aromatic heterocycles. The zero-order chi connectivity index (χ0) is 14.7. The van der Waals surface area contributed by atoms with Crippen LogP contribution in [0.3, 0.4) is 0 Å². The average molecular weight is 278 g/mol. The van der Waals surface area contributed by atoms with Crippen LogP contribution in [0.1, 0.15) is 24.4 Å². The lowest BCUT2D eigenvalue weighted by Crippen LogP contribution is -2.10. The summed E-state index contributed by atoms with van der Waals surface area (Å²) in [7, 11) is 0. The molecule has 0 aromatic carbocycles. The second kappa shape index (κ2) is 5.87. The molecule has 21 heavy (non-hydrogen) atoms. The number of hydrogen-bond donors (Lipinski definition) is 0. The minimum absolute atomic E-state index is 0.296. The van der Waals surface area contributed by atoms with E-state index in [0.717, 1.165) is 29.2 Å². The van der Waals surface area contributed by atoms with E-state index in [0.29, 0.717) is 6.04 Å². The number of aromatic nitrogens is 4. The molecular weight excluding hydrogens is 260 g/mol. The standard InChI is InChI=1S/C17H18N4/c1-13-4-3-5-16(20-13)12-14(2)21-11-10-19-17(21)15-6-8-18-9-7-15/h3-11,14H,12H2,1-2H3. The Kier molecular flexibility index (Phi) is 3.77. The fourth-order valence-corrected chi connectivity index (χ4v) is 2.51. The summed E-state index contributed by atoms with van der Waals surface area (Å²) in [6.07, 6.45) is 8.34. The van der Waals surface area contributed by atoms with Crippen molar-refractivity contribution in [2.45, 2.75) is 26.3 Å². The van der Waals surface area contributed by atoms with Crippen molar-refractivity contribution in [2.24, 2.45) is 0 Å². The van der Waals surface area contributed by atoms with Crippen molar-refractivity contribution >= 4 is 0 Å². The van der Waals surface area contributed by atoms with Gasteiger partial charge in [0.1, 0.15) is 5.82 Å². The maximum Gasteiger partial charge on any atom is 0.140 e. The van der Waals surface area contributed by atoms with Gasteiger partial charge in [-0.2, -0.15) is 0 Å². The van der Waals surface area contributed by atoms with Gasteiger partial charge in [0.2, 0.25) is 0 Å². The Hall–Kier alpha value is -2.49. The van der Waals surface area contributed by atoms with Gasteiger partial charge in [-0.1, -0.05) is 6.07 Å². The van der Waals surface area contributed by atoms with Crippen LogP contribution in [0.5, 0.6) is 0 Å². The first-order valence-corrected chi connectivity index (χ1v) is 7.10. The van der Waals surface area contributed by atoms with Crippen LogP contribution < -0.4 is 0 Å². The van der Waals surface area contributed by atoms with E-state index in [-0.39, 0.29) is 0 Å².